The molecule has 2 saturated carbocycles. The van der Waals surface area contributed by atoms with Gasteiger partial charge in [-0.15, -0.1) is 0 Å². The van der Waals surface area contributed by atoms with Crippen molar-refractivity contribution in [2.24, 2.45) is 17.8 Å². The highest BCUT2D eigenvalue weighted by atomic mass is 16.5. The van der Waals surface area contributed by atoms with Gasteiger partial charge in [-0.25, -0.2) is 0 Å². The Morgan fingerprint density at radius 2 is 1.89 bits per heavy atom. The van der Waals surface area contributed by atoms with Crippen molar-refractivity contribution in [2.75, 3.05) is 6.61 Å². The summed E-state index contributed by atoms with van der Waals surface area (Å²) in [5, 5.41) is 12.3. The first-order valence-corrected chi connectivity index (χ1v) is 7.31. The lowest BCUT2D eigenvalue weighted by molar-refractivity contribution is -0.146. The average molecular weight is 267 g/mol. The summed E-state index contributed by atoms with van der Waals surface area (Å²) in [5.74, 6) is -0.671. The minimum Gasteiger partial charge on any atom is -0.481 e. The fourth-order valence-electron chi connectivity index (χ4n) is 4.06. The first-order chi connectivity index (χ1) is 9.16. The van der Waals surface area contributed by atoms with Gasteiger partial charge in [-0.3, -0.25) is 9.59 Å². The smallest absolute Gasteiger partial charge is 0.308 e. The molecular weight excluding hydrogens is 246 g/mol. The number of rotatable bonds is 3. The molecule has 2 bridgehead atoms. The molecule has 5 heteroatoms. The summed E-state index contributed by atoms with van der Waals surface area (Å²) in [6.45, 7) is 0.636. The quantitative estimate of drug-likeness (QED) is 0.805. The van der Waals surface area contributed by atoms with Crippen LogP contribution in [0.3, 0.4) is 0 Å². The standard InChI is InChI=1S/C14H21NO4/c16-13(10-3-1-2-6-19-10)15-12-9-5-4-8(7-9)11(12)14(17)18/h8-12H,1-7H2,(H,15,16)(H,17,18). The third-order valence-corrected chi connectivity index (χ3v) is 4.98. The Hall–Kier alpha value is -1.10. The fraction of sp³-hybridized carbons (Fsp3) is 0.857. The monoisotopic (exact) mass is 267 g/mol. The molecule has 2 N–H and O–H groups in total. The number of nitrogens with one attached hydrogen (secondary N) is 1. The molecule has 0 aromatic heterocycles. The van der Waals surface area contributed by atoms with Gasteiger partial charge in [0, 0.05) is 12.6 Å². The van der Waals surface area contributed by atoms with E-state index in [9.17, 15) is 14.7 Å². The molecule has 0 radical (unpaired) electrons. The highest BCUT2D eigenvalue weighted by molar-refractivity contribution is 5.82. The van der Waals surface area contributed by atoms with Crippen LogP contribution in [0, 0.1) is 17.8 Å². The number of hydrogen-bond acceptors (Lipinski definition) is 3. The van der Waals surface area contributed by atoms with Crippen LogP contribution in [0.1, 0.15) is 38.5 Å². The second-order valence-corrected chi connectivity index (χ2v) is 6.09. The van der Waals surface area contributed by atoms with Gasteiger partial charge in [0.05, 0.1) is 5.92 Å². The molecule has 1 amide bonds. The first kappa shape index (κ1) is 12.9. The van der Waals surface area contributed by atoms with Crippen LogP contribution in [0.2, 0.25) is 0 Å². The summed E-state index contributed by atoms with van der Waals surface area (Å²) >= 11 is 0. The van der Waals surface area contributed by atoms with Crippen molar-refractivity contribution < 1.29 is 19.4 Å². The molecular formula is C14H21NO4. The van der Waals surface area contributed by atoms with Crippen LogP contribution in [0.15, 0.2) is 0 Å². The molecule has 5 unspecified atom stereocenters. The summed E-state index contributed by atoms with van der Waals surface area (Å²) in [5.41, 5.74) is 0. The van der Waals surface area contributed by atoms with Gasteiger partial charge >= 0.3 is 5.97 Å². The first-order valence-electron chi connectivity index (χ1n) is 7.31. The lowest BCUT2D eigenvalue weighted by Crippen LogP contribution is -2.50. The Labute approximate surface area is 112 Å². The Bertz CT molecular complexity index is 378. The second-order valence-electron chi connectivity index (χ2n) is 6.09. The van der Waals surface area contributed by atoms with Crippen molar-refractivity contribution in [3.8, 4) is 0 Å². The Kier molecular flexibility index (Phi) is 3.48. The number of aliphatic carboxylic acids is 1. The predicted octanol–water partition coefficient (Wildman–Crippen LogP) is 1.17. The minimum absolute atomic E-state index is 0.108. The zero-order valence-electron chi connectivity index (χ0n) is 11.0. The van der Waals surface area contributed by atoms with Crippen LogP contribution in [0.4, 0.5) is 0 Å². The van der Waals surface area contributed by atoms with Crippen LogP contribution >= 0.6 is 0 Å². The summed E-state index contributed by atoms with van der Waals surface area (Å²) in [6.07, 6.45) is 5.39. The maximum atomic E-state index is 12.2. The number of ether oxygens (including phenoxy) is 1. The van der Waals surface area contributed by atoms with E-state index in [1.54, 1.807) is 0 Å². The molecule has 3 aliphatic rings. The Morgan fingerprint density at radius 3 is 2.58 bits per heavy atom. The number of fused-ring (bicyclic) bond motifs is 2. The van der Waals surface area contributed by atoms with Crippen LogP contribution in [0.25, 0.3) is 0 Å². The van der Waals surface area contributed by atoms with Crippen molar-refractivity contribution in [3.05, 3.63) is 0 Å². The number of amides is 1. The zero-order chi connectivity index (χ0) is 13.4. The van der Waals surface area contributed by atoms with E-state index in [1.165, 1.54) is 0 Å². The van der Waals surface area contributed by atoms with Gasteiger partial charge in [0.25, 0.3) is 0 Å². The van der Waals surface area contributed by atoms with E-state index in [2.05, 4.69) is 5.32 Å². The van der Waals surface area contributed by atoms with Crippen LogP contribution < -0.4 is 5.32 Å². The van der Waals surface area contributed by atoms with E-state index in [-0.39, 0.29) is 24.0 Å². The number of carbonyl (C=O) groups excluding carboxylic acids is 1. The van der Waals surface area contributed by atoms with Gasteiger partial charge in [0.2, 0.25) is 5.91 Å². The van der Waals surface area contributed by atoms with E-state index < -0.39 is 11.9 Å². The number of carboxylic acids is 1. The molecule has 5 nitrogen and oxygen atoms in total. The van der Waals surface area contributed by atoms with E-state index in [0.29, 0.717) is 12.5 Å². The lowest BCUT2D eigenvalue weighted by Gasteiger charge is -2.31. The molecule has 0 aromatic rings. The van der Waals surface area contributed by atoms with Crippen molar-refractivity contribution >= 4 is 11.9 Å². The Balaban J connectivity index is 1.64. The molecule has 3 fully saturated rings. The molecule has 2 aliphatic carbocycles. The molecule has 19 heavy (non-hydrogen) atoms. The van der Waals surface area contributed by atoms with Crippen molar-refractivity contribution in [1.82, 2.24) is 5.32 Å². The topological polar surface area (TPSA) is 75.6 Å². The molecule has 3 rings (SSSR count). The van der Waals surface area contributed by atoms with Gasteiger partial charge in [-0.1, -0.05) is 0 Å². The summed E-state index contributed by atoms with van der Waals surface area (Å²) < 4.78 is 5.47. The van der Waals surface area contributed by atoms with E-state index in [1.807, 2.05) is 0 Å². The molecule has 0 spiro atoms. The minimum atomic E-state index is -0.762. The second kappa shape index (κ2) is 5.12. The van der Waals surface area contributed by atoms with E-state index in [0.717, 1.165) is 38.5 Å². The highest BCUT2D eigenvalue weighted by Crippen LogP contribution is 2.48. The summed E-state index contributed by atoms with van der Waals surface area (Å²) in [4.78, 5) is 23.5. The normalized spacial score (nSPS) is 41.2. The lowest BCUT2D eigenvalue weighted by atomic mass is 9.84. The largest absolute Gasteiger partial charge is 0.481 e. The van der Waals surface area contributed by atoms with Gasteiger partial charge in [0.15, 0.2) is 0 Å². The third-order valence-electron chi connectivity index (χ3n) is 4.98. The van der Waals surface area contributed by atoms with E-state index >= 15 is 0 Å². The fourth-order valence-corrected chi connectivity index (χ4v) is 4.06. The number of carbonyl (C=O) groups is 2. The predicted molar refractivity (Wildman–Crippen MR) is 67.5 cm³/mol. The maximum absolute atomic E-state index is 12.2. The molecule has 106 valence electrons. The SMILES string of the molecule is O=C(NC1C2CCC(C2)C1C(=O)O)C1CCCCO1. The number of carboxylic acid groups (broad SMARTS) is 1. The van der Waals surface area contributed by atoms with Crippen LogP contribution in [0.5, 0.6) is 0 Å². The average Bonchev–Trinajstić information content (AvgIpc) is 3.00. The van der Waals surface area contributed by atoms with Crippen LogP contribution in [-0.2, 0) is 14.3 Å². The summed E-state index contributed by atoms with van der Waals surface area (Å²) in [6, 6.07) is -0.186. The molecule has 5 atom stereocenters. The molecule has 1 saturated heterocycles. The number of hydrogen-bond donors (Lipinski definition) is 2. The molecule has 1 heterocycles. The van der Waals surface area contributed by atoms with Gasteiger partial charge < -0.3 is 15.2 Å². The van der Waals surface area contributed by atoms with Crippen LogP contribution in [-0.4, -0.2) is 35.7 Å². The van der Waals surface area contributed by atoms with Crippen molar-refractivity contribution in [2.45, 2.75) is 50.7 Å². The highest BCUT2D eigenvalue weighted by Gasteiger charge is 2.51. The molecule has 0 aromatic carbocycles. The van der Waals surface area contributed by atoms with Gasteiger partial charge in [-0.2, -0.15) is 0 Å². The zero-order valence-corrected chi connectivity index (χ0v) is 11.0. The van der Waals surface area contributed by atoms with Gasteiger partial charge in [0.1, 0.15) is 6.10 Å². The van der Waals surface area contributed by atoms with Crippen molar-refractivity contribution in [1.29, 1.82) is 0 Å². The maximum Gasteiger partial charge on any atom is 0.308 e. The third kappa shape index (κ3) is 2.36. The Morgan fingerprint density at radius 1 is 1.11 bits per heavy atom. The summed E-state index contributed by atoms with van der Waals surface area (Å²) in [7, 11) is 0. The molecule has 1 aliphatic heterocycles. The van der Waals surface area contributed by atoms with Crippen molar-refractivity contribution in [3.63, 3.8) is 0 Å². The van der Waals surface area contributed by atoms with Gasteiger partial charge in [-0.05, 0) is 50.4 Å². The van der Waals surface area contributed by atoms with E-state index in [4.69, 9.17) is 4.74 Å².